The zero-order chi connectivity index (χ0) is 19.6. The van der Waals surface area contributed by atoms with Crippen LogP contribution >= 0.6 is 0 Å². The van der Waals surface area contributed by atoms with Crippen molar-refractivity contribution in [2.24, 2.45) is 5.92 Å². The summed E-state index contributed by atoms with van der Waals surface area (Å²) < 4.78 is 23.9. The molecular weight excluding hydrogens is 358 g/mol. The van der Waals surface area contributed by atoms with Gasteiger partial charge in [-0.2, -0.15) is 0 Å². The summed E-state index contributed by atoms with van der Waals surface area (Å²) in [4.78, 5) is 27.4. The average molecular weight is 390 g/mol. The van der Waals surface area contributed by atoms with Gasteiger partial charge in [0.25, 0.3) is 0 Å². The fourth-order valence-electron chi connectivity index (χ4n) is 4.31. The Morgan fingerprint density at radius 2 is 2.00 bits per heavy atom. The molecule has 2 aliphatic rings. The molecule has 8 nitrogen and oxygen atoms in total. The largest absolute Gasteiger partial charge is 0.465 e. The van der Waals surface area contributed by atoms with Crippen LogP contribution in [0.3, 0.4) is 0 Å². The van der Waals surface area contributed by atoms with Crippen LogP contribution in [0.25, 0.3) is 0 Å². The number of likely N-dealkylation sites (tertiary alicyclic amines) is 1. The number of carbonyl (C=O) groups is 2. The molecule has 1 aliphatic carbocycles. The van der Waals surface area contributed by atoms with Crippen molar-refractivity contribution in [1.29, 1.82) is 0 Å². The molecule has 0 aromatic heterocycles. The molecule has 0 spiro atoms. The molecule has 0 radical (unpaired) electrons. The Hall–Kier alpha value is -1.35. The maximum atomic E-state index is 12.6. The lowest BCUT2D eigenvalue weighted by Crippen LogP contribution is -2.53. The van der Waals surface area contributed by atoms with Gasteiger partial charge >= 0.3 is 6.09 Å². The second-order valence-electron chi connectivity index (χ2n) is 7.97. The van der Waals surface area contributed by atoms with Crippen LogP contribution in [0, 0.1) is 5.92 Å². The van der Waals surface area contributed by atoms with E-state index in [-0.39, 0.29) is 23.6 Å². The number of nitrogens with one attached hydrogen (secondary N) is 1. The van der Waals surface area contributed by atoms with Gasteiger partial charge in [0.2, 0.25) is 5.91 Å². The van der Waals surface area contributed by atoms with Crippen molar-refractivity contribution in [3.8, 4) is 0 Å². The molecule has 9 heteroatoms. The van der Waals surface area contributed by atoms with Gasteiger partial charge in [-0.05, 0) is 52.5 Å². The minimum absolute atomic E-state index is 0.0565. The number of nitrogens with zero attached hydrogens (tertiary/aromatic N) is 2. The van der Waals surface area contributed by atoms with Crippen molar-refractivity contribution in [2.75, 3.05) is 25.6 Å². The van der Waals surface area contributed by atoms with Crippen molar-refractivity contribution >= 4 is 21.8 Å². The predicted octanol–water partition coefficient (Wildman–Crippen LogP) is 0.777. The molecule has 1 saturated heterocycles. The van der Waals surface area contributed by atoms with E-state index in [1.165, 1.54) is 6.26 Å². The van der Waals surface area contributed by atoms with Gasteiger partial charge in [-0.15, -0.1) is 0 Å². The van der Waals surface area contributed by atoms with Gasteiger partial charge < -0.3 is 20.2 Å². The number of amides is 2. The third-order valence-corrected chi connectivity index (χ3v) is 6.79. The maximum absolute atomic E-state index is 12.6. The van der Waals surface area contributed by atoms with Crippen LogP contribution in [-0.2, 0) is 14.6 Å². The summed E-state index contributed by atoms with van der Waals surface area (Å²) in [6.07, 6.45) is 2.84. The van der Waals surface area contributed by atoms with E-state index in [9.17, 15) is 18.0 Å². The first-order chi connectivity index (χ1) is 12.0. The molecule has 150 valence electrons. The molecule has 0 unspecified atom stereocenters. The van der Waals surface area contributed by atoms with Crippen LogP contribution in [0.2, 0.25) is 0 Å². The van der Waals surface area contributed by atoms with E-state index in [1.807, 2.05) is 0 Å². The Labute approximate surface area is 155 Å². The number of sulfone groups is 1. The number of rotatable bonds is 6. The Morgan fingerprint density at radius 1 is 1.35 bits per heavy atom. The van der Waals surface area contributed by atoms with Crippen LogP contribution in [0.1, 0.15) is 39.5 Å². The molecule has 1 heterocycles. The van der Waals surface area contributed by atoms with Crippen molar-refractivity contribution in [3.63, 3.8) is 0 Å². The minimum Gasteiger partial charge on any atom is -0.465 e. The second kappa shape index (κ2) is 8.12. The Kier molecular flexibility index (Phi) is 6.55. The van der Waals surface area contributed by atoms with Crippen LogP contribution in [0.4, 0.5) is 4.79 Å². The number of hydrogen-bond donors (Lipinski definition) is 2. The number of carboxylic acid groups (broad SMARTS) is 1. The summed E-state index contributed by atoms with van der Waals surface area (Å²) in [6, 6.07) is -0.200. The van der Waals surface area contributed by atoms with Crippen molar-refractivity contribution in [2.45, 2.75) is 63.7 Å². The number of carbonyl (C=O) groups excluding carboxylic acids is 1. The summed E-state index contributed by atoms with van der Waals surface area (Å²) in [6.45, 7) is 4.70. The first-order valence-corrected chi connectivity index (χ1v) is 11.2. The highest BCUT2D eigenvalue weighted by Crippen LogP contribution is 2.34. The lowest BCUT2D eigenvalue weighted by atomic mass is 9.81. The van der Waals surface area contributed by atoms with Gasteiger partial charge in [0, 0.05) is 30.9 Å². The summed E-state index contributed by atoms with van der Waals surface area (Å²) in [5, 5.41) is 11.1. The molecule has 1 saturated carbocycles. The molecule has 2 amide bonds. The molecular formula is C17H31N3O5S. The molecule has 2 rings (SSSR count). The van der Waals surface area contributed by atoms with Gasteiger partial charge in [0.1, 0.15) is 15.9 Å². The molecule has 2 fully saturated rings. The zero-order valence-electron chi connectivity index (χ0n) is 16.0. The van der Waals surface area contributed by atoms with Crippen molar-refractivity contribution < 1.29 is 23.1 Å². The van der Waals surface area contributed by atoms with Gasteiger partial charge in [-0.1, -0.05) is 0 Å². The maximum Gasteiger partial charge on any atom is 0.405 e. The van der Waals surface area contributed by atoms with E-state index < -0.39 is 22.0 Å². The third-order valence-electron chi connectivity index (χ3n) is 5.76. The van der Waals surface area contributed by atoms with E-state index >= 15 is 0 Å². The van der Waals surface area contributed by atoms with E-state index in [0.717, 1.165) is 19.3 Å². The standard InChI is InChI=1S/C17H31N3O5S/c1-11(2)19(3)13-5-6-15(12(9-13)10-26(4,24)25)20-8-7-14(16(20)21)18-17(22)23/h11-15,18H,5-10H2,1-4H3,(H,22,23)/t12-,13+,14-,15-/m0/s1. The summed E-state index contributed by atoms with van der Waals surface area (Å²) >= 11 is 0. The van der Waals surface area contributed by atoms with Crippen molar-refractivity contribution in [1.82, 2.24) is 15.1 Å². The van der Waals surface area contributed by atoms with E-state index in [1.54, 1.807) is 4.90 Å². The lowest BCUT2D eigenvalue weighted by molar-refractivity contribution is -0.133. The smallest absolute Gasteiger partial charge is 0.405 e. The molecule has 4 atom stereocenters. The summed E-state index contributed by atoms with van der Waals surface area (Å²) in [5.41, 5.74) is 0. The molecule has 0 aromatic carbocycles. The minimum atomic E-state index is -3.17. The van der Waals surface area contributed by atoms with E-state index in [2.05, 4.69) is 31.1 Å². The Morgan fingerprint density at radius 3 is 2.54 bits per heavy atom. The highest BCUT2D eigenvalue weighted by Gasteiger charge is 2.43. The highest BCUT2D eigenvalue weighted by molar-refractivity contribution is 7.90. The number of hydrogen-bond acceptors (Lipinski definition) is 5. The SMILES string of the molecule is CC(C)N(C)[C@@H]1CC[C@H](N2CC[C@H](NC(=O)O)C2=O)[C@H](CS(C)(=O)=O)C1. The van der Waals surface area contributed by atoms with Crippen LogP contribution in [0.15, 0.2) is 0 Å². The average Bonchev–Trinajstić information content (AvgIpc) is 2.85. The van der Waals surface area contributed by atoms with Gasteiger partial charge in [-0.25, -0.2) is 13.2 Å². The zero-order valence-corrected chi connectivity index (χ0v) is 16.8. The molecule has 1 aliphatic heterocycles. The molecule has 2 N–H and O–H groups in total. The normalized spacial score (nSPS) is 30.2. The molecule has 0 aromatic rings. The van der Waals surface area contributed by atoms with Crippen molar-refractivity contribution in [3.05, 3.63) is 0 Å². The quantitative estimate of drug-likeness (QED) is 0.695. The fraction of sp³-hybridized carbons (Fsp3) is 0.882. The predicted molar refractivity (Wildman–Crippen MR) is 98.8 cm³/mol. The van der Waals surface area contributed by atoms with Gasteiger partial charge in [0.05, 0.1) is 5.75 Å². The van der Waals surface area contributed by atoms with E-state index in [4.69, 9.17) is 5.11 Å². The first kappa shape index (κ1) is 21.0. The van der Waals surface area contributed by atoms with Crippen LogP contribution in [-0.4, -0.2) is 85.1 Å². The summed E-state index contributed by atoms with van der Waals surface area (Å²) in [7, 11) is -1.12. The second-order valence-corrected chi connectivity index (χ2v) is 10.2. The topological polar surface area (TPSA) is 107 Å². The van der Waals surface area contributed by atoms with Crippen LogP contribution in [0.5, 0.6) is 0 Å². The third kappa shape index (κ3) is 5.09. The molecule has 0 bridgehead atoms. The van der Waals surface area contributed by atoms with Crippen LogP contribution < -0.4 is 5.32 Å². The lowest BCUT2D eigenvalue weighted by Gasteiger charge is -2.44. The van der Waals surface area contributed by atoms with Gasteiger partial charge in [-0.3, -0.25) is 4.79 Å². The fourth-order valence-corrected chi connectivity index (χ4v) is 5.44. The molecule has 26 heavy (non-hydrogen) atoms. The highest BCUT2D eigenvalue weighted by atomic mass is 32.2. The Balaban J connectivity index is 2.16. The van der Waals surface area contributed by atoms with Gasteiger partial charge in [0.15, 0.2) is 0 Å². The monoisotopic (exact) mass is 389 g/mol. The summed E-state index contributed by atoms with van der Waals surface area (Å²) in [5.74, 6) is -0.301. The van der Waals surface area contributed by atoms with E-state index in [0.29, 0.717) is 25.0 Å². The Bertz CT molecular complexity index is 636. The first-order valence-electron chi connectivity index (χ1n) is 9.19.